The Bertz CT molecular complexity index is 597. The van der Waals surface area contributed by atoms with E-state index in [0.717, 1.165) is 37.3 Å². The van der Waals surface area contributed by atoms with E-state index in [4.69, 9.17) is 14.2 Å². The van der Waals surface area contributed by atoms with E-state index in [-0.39, 0.29) is 12.0 Å². The maximum atomic E-state index is 12.3. The van der Waals surface area contributed by atoms with Crippen LogP contribution in [-0.4, -0.2) is 43.0 Å². The Kier molecular flexibility index (Phi) is 5.06. The second-order valence-electron chi connectivity index (χ2n) is 6.89. The number of methoxy groups -OCH3 is 1. The Hall–Kier alpha value is -1.66. The zero-order valence-corrected chi connectivity index (χ0v) is 14.6. The first kappa shape index (κ1) is 17.2. The first-order valence-electron chi connectivity index (χ1n) is 8.62. The maximum Gasteiger partial charge on any atom is 0.251 e. The van der Waals surface area contributed by atoms with Crippen LogP contribution in [0.15, 0.2) is 12.1 Å². The Morgan fingerprint density at radius 2 is 2.17 bits per heavy atom. The molecule has 1 aliphatic heterocycles. The minimum absolute atomic E-state index is 0.0906. The number of aromatic nitrogens is 1. The molecule has 132 valence electrons. The second-order valence-corrected chi connectivity index (χ2v) is 6.89. The van der Waals surface area contributed by atoms with E-state index >= 15 is 0 Å². The lowest BCUT2D eigenvalue weighted by Crippen LogP contribution is -2.38. The molecule has 6 heteroatoms. The molecule has 1 spiro atoms. The average molecular weight is 334 g/mol. The van der Waals surface area contributed by atoms with Crippen LogP contribution in [0.25, 0.3) is 0 Å². The predicted octanol–water partition coefficient (Wildman–Crippen LogP) is 2.45. The highest BCUT2D eigenvalue weighted by molar-refractivity contribution is 5.94. The molecule has 2 aliphatic rings. The van der Waals surface area contributed by atoms with Gasteiger partial charge in [0.1, 0.15) is 6.10 Å². The number of amides is 1. The number of rotatable bonds is 4. The van der Waals surface area contributed by atoms with Crippen molar-refractivity contribution in [1.29, 1.82) is 0 Å². The van der Waals surface area contributed by atoms with Crippen LogP contribution < -0.4 is 10.1 Å². The van der Waals surface area contributed by atoms with Gasteiger partial charge in [0.25, 0.3) is 5.91 Å². The summed E-state index contributed by atoms with van der Waals surface area (Å²) in [5, 5.41) is 2.92. The van der Waals surface area contributed by atoms with Crippen LogP contribution in [0.5, 0.6) is 5.88 Å². The molecule has 1 saturated carbocycles. The smallest absolute Gasteiger partial charge is 0.251 e. The molecule has 3 rings (SSSR count). The number of ether oxygens (including phenoxy) is 3. The lowest BCUT2D eigenvalue weighted by molar-refractivity contribution is -0.191. The van der Waals surface area contributed by atoms with Crippen molar-refractivity contribution in [3.8, 4) is 5.88 Å². The number of aryl methyl sites for hydroxylation is 1. The van der Waals surface area contributed by atoms with Gasteiger partial charge in [-0.1, -0.05) is 6.92 Å². The van der Waals surface area contributed by atoms with Gasteiger partial charge in [0.05, 0.1) is 13.7 Å². The van der Waals surface area contributed by atoms with Crippen LogP contribution in [0, 0.1) is 12.8 Å². The van der Waals surface area contributed by atoms with Gasteiger partial charge >= 0.3 is 0 Å². The third-order valence-electron chi connectivity index (χ3n) is 4.84. The van der Waals surface area contributed by atoms with E-state index in [2.05, 4.69) is 17.2 Å². The maximum absolute atomic E-state index is 12.3. The van der Waals surface area contributed by atoms with Crippen molar-refractivity contribution in [3.05, 3.63) is 23.4 Å². The van der Waals surface area contributed by atoms with Crippen molar-refractivity contribution < 1.29 is 19.0 Å². The quantitative estimate of drug-likeness (QED) is 0.916. The molecule has 0 unspecified atom stereocenters. The summed E-state index contributed by atoms with van der Waals surface area (Å²) in [5.74, 6) is 0.612. The molecule has 1 amide bonds. The zero-order valence-electron chi connectivity index (χ0n) is 14.6. The summed E-state index contributed by atoms with van der Waals surface area (Å²) in [4.78, 5) is 16.5. The summed E-state index contributed by atoms with van der Waals surface area (Å²) >= 11 is 0. The fraction of sp³-hybridized carbons (Fsp3) is 0.667. The van der Waals surface area contributed by atoms with Crippen LogP contribution in [0.2, 0.25) is 0 Å². The van der Waals surface area contributed by atoms with Crippen LogP contribution in [0.4, 0.5) is 0 Å². The van der Waals surface area contributed by atoms with Crippen molar-refractivity contribution in [2.45, 2.75) is 51.4 Å². The van der Waals surface area contributed by atoms with Gasteiger partial charge < -0.3 is 19.5 Å². The molecule has 0 bridgehead atoms. The number of carbonyl (C=O) groups excluding carboxylic acids is 1. The van der Waals surface area contributed by atoms with Gasteiger partial charge in [0, 0.05) is 36.7 Å². The third kappa shape index (κ3) is 3.87. The summed E-state index contributed by atoms with van der Waals surface area (Å²) < 4.78 is 17.2. The molecule has 1 atom stereocenters. The molecule has 24 heavy (non-hydrogen) atoms. The number of nitrogens with one attached hydrogen (secondary N) is 1. The molecule has 1 aromatic rings. The normalized spacial score (nSPS) is 29.6. The summed E-state index contributed by atoms with van der Waals surface area (Å²) in [6.45, 7) is 5.08. The van der Waals surface area contributed by atoms with E-state index in [0.29, 0.717) is 24.6 Å². The zero-order chi connectivity index (χ0) is 17.2. The lowest BCUT2D eigenvalue weighted by atomic mass is 9.86. The molecular weight excluding hydrogens is 308 g/mol. The van der Waals surface area contributed by atoms with E-state index in [9.17, 15) is 4.79 Å². The van der Waals surface area contributed by atoms with Gasteiger partial charge in [-0.3, -0.25) is 4.79 Å². The van der Waals surface area contributed by atoms with Crippen molar-refractivity contribution in [3.63, 3.8) is 0 Å². The van der Waals surface area contributed by atoms with E-state index < -0.39 is 5.79 Å². The van der Waals surface area contributed by atoms with Gasteiger partial charge in [-0.05, 0) is 31.7 Å². The van der Waals surface area contributed by atoms with E-state index in [1.165, 1.54) is 7.11 Å². The van der Waals surface area contributed by atoms with Gasteiger partial charge in [0.15, 0.2) is 5.79 Å². The van der Waals surface area contributed by atoms with Crippen LogP contribution in [0.3, 0.4) is 0 Å². The van der Waals surface area contributed by atoms with Crippen LogP contribution in [-0.2, 0) is 9.47 Å². The lowest BCUT2D eigenvalue weighted by Gasteiger charge is -2.34. The first-order chi connectivity index (χ1) is 11.5. The molecular formula is C18H26N2O4. The summed E-state index contributed by atoms with van der Waals surface area (Å²) in [5.41, 5.74) is 1.29. The standard InChI is InChI=1S/C18H26N2O4/c1-12-4-6-18(7-5-12)23-11-15(24-18)10-19-17(21)14-8-13(2)20-16(9-14)22-3/h8-9,12,15H,4-7,10-11H2,1-3H3,(H,19,21)/t12?,15-,18?/m1/s1. The monoisotopic (exact) mass is 334 g/mol. The van der Waals surface area contributed by atoms with Crippen molar-refractivity contribution >= 4 is 5.91 Å². The van der Waals surface area contributed by atoms with E-state index in [1.54, 1.807) is 12.1 Å². The van der Waals surface area contributed by atoms with Gasteiger partial charge in [-0.15, -0.1) is 0 Å². The number of pyridine rings is 1. The Morgan fingerprint density at radius 3 is 2.88 bits per heavy atom. The van der Waals surface area contributed by atoms with Crippen molar-refractivity contribution in [2.75, 3.05) is 20.3 Å². The number of hydrogen-bond acceptors (Lipinski definition) is 5. The highest BCUT2D eigenvalue weighted by atomic mass is 16.7. The van der Waals surface area contributed by atoms with Crippen molar-refractivity contribution in [2.24, 2.45) is 5.92 Å². The van der Waals surface area contributed by atoms with E-state index in [1.807, 2.05) is 6.92 Å². The van der Waals surface area contributed by atoms with Gasteiger partial charge in [-0.2, -0.15) is 0 Å². The van der Waals surface area contributed by atoms with Crippen molar-refractivity contribution in [1.82, 2.24) is 10.3 Å². The average Bonchev–Trinajstić information content (AvgIpc) is 2.98. The molecule has 1 saturated heterocycles. The molecule has 0 radical (unpaired) electrons. The minimum atomic E-state index is -0.418. The first-order valence-corrected chi connectivity index (χ1v) is 8.62. The predicted molar refractivity (Wildman–Crippen MR) is 89.0 cm³/mol. The highest BCUT2D eigenvalue weighted by Crippen LogP contribution is 2.39. The highest BCUT2D eigenvalue weighted by Gasteiger charge is 2.43. The van der Waals surface area contributed by atoms with Crippen LogP contribution >= 0.6 is 0 Å². The molecule has 1 aliphatic carbocycles. The second kappa shape index (κ2) is 7.07. The van der Waals surface area contributed by atoms with Gasteiger partial charge in [-0.25, -0.2) is 4.98 Å². The Labute approximate surface area is 142 Å². The topological polar surface area (TPSA) is 69.7 Å². The van der Waals surface area contributed by atoms with Crippen LogP contribution in [0.1, 0.15) is 48.7 Å². The SMILES string of the molecule is COc1cc(C(=O)NC[C@@H]2COC3(CCC(C)CC3)O2)cc(C)n1. The summed E-state index contributed by atoms with van der Waals surface area (Å²) in [6, 6.07) is 3.38. The summed E-state index contributed by atoms with van der Waals surface area (Å²) in [6.07, 6.45) is 4.07. The summed E-state index contributed by atoms with van der Waals surface area (Å²) in [7, 11) is 1.54. The molecule has 2 heterocycles. The molecule has 0 aromatic carbocycles. The number of nitrogens with zero attached hydrogens (tertiary/aromatic N) is 1. The molecule has 1 N–H and O–H groups in total. The fourth-order valence-electron chi connectivity index (χ4n) is 3.36. The van der Waals surface area contributed by atoms with Gasteiger partial charge in [0.2, 0.25) is 5.88 Å². The Morgan fingerprint density at radius 1 is 1.42 bits per heavy atom. The number of hydrogen-bond donors (Lipinski definition) is 1. The number of carbonyl (C=O) groups is 1. The third-order valence-corrected chi connectivity index (χ3v) is 4.84. The fourth-order valence-corrected chi connectivity index (χ4v) is 3.36. The molecule has 2 fully saturated rings. The Balaban J connectivity index is 1.53. The molecule has 1 aromatic heterocycles. The molecule has 6 nitrogen and oxygen atoms in total. The minimum Gasteiger partial charge on any atom is -0.481 e. The largest absolute Gasteiger partial charge is 0.481 e.